The minimum Gasteiger partial charge on any atom is -0.507 e. The van der Waals surface area contributed by atoms with Crippen LogP contribution in [-0.2, 0) is 0 Å². The average molecular weight is 261 g/mol. The van der Waals surface area contributed by atoms with Crippen LogP contribution in [0, 0.1) is 6.92 Å². The van der Waals surface area contributed by atoms with Gasteiger partial charge in [-0.1, -0.05) is 6.07 Å². The number of ketones is 1. The maximum Gasteiger partial charge on any atom is 0.163 e. The zero-order chi connectivity index (χ0) is 14.2. The number of carbonyl (C=O) groups excluding carboxylic acids is 1. The second-order valence-electron chi connectivity index (χ2n) is 6.07. The van der Waals surface area contributed by atoms with Crippen molar-refractivity contribution in [1.82, 2.24) is 5.32 Å². The normalized spacial score (nSPS) is 18.7. The number of rotatable bonds is 4. The van der Waals surface area contributed by atoms with Gasteiger partial charge in [-0.2, -0.15) is 0 Å². The first kappa shape index (κ1) is 14.1. The zero-order valence-electron chi connectivity index (χ0n) is 12.2. The van der Waals surface area contributed by atoms with Crippen molar-refractivity contribution in [1.29, 1.82) is 0 Å². The molecule has 0 bridgehead atoms. The number of aromatic hydroxyl groups is 1. The summed E-state index contributed by atoms with van der Waals surface area (Å²) in [5.74, 6) is 0.0165. The van der Waals surface area contributed by atoms with E-state index in [-0.39, 0.29) is 23.1 Å². The number of phenolic OH excluding ortho intramolecular Hbond substituents is 1. The van der Waals surface area contributed by atoms with Crippen LogP contribution in [0.3, 0.4) is 0 Å². The molecule has 1 unspecified atom stereocenters. The van der Waals surface area contributed by atoms with Crippen LogP contribution in [0.1, 0.15) is 67.6 Å². The molecule has 1 atom stereocenters. The molecule has 104 valence electrons. The minimum atomic E-state index is -0.0931. The fraction of sp³-hybridized carbons (Fsp3) is 0.562. The smallest absolute Gasteiger partial charge is 0.163 e. The van der Waals surface area contributed by atoms with E-state index in [1.54, 1.807) is 0 Å². The van der Waals surface area contributed by atoms with E-state index in [1.807, 2.05) is 19.1 Å². The molecule has 3 nitrogen and oxygen atoms in total. The molecule has 0 radical (unpaired) electrons. The molecule has 2 rings (SSSR count). The lowest BCUT2D eigenvalue weighted by atomic mass is 9.77. The first-order chi connectivity index (χ1) is 8.82. The van der Waals surface area contributed by atoms with Gasteiger partial charge in [-0.05, 0) is 64.2 Å². The van der Waals surface area contributed by atoms with Crippen LogP contribution in [0.4, 0.5) is 0 Å². The van der Waals surface area contributed by atoms with Crippen LogP contribution in [0.25, 0.3) is 0 Å². The first-order valence-corrected chi connectivity index (χ1v) is 6.94. The molecule has 1 aliphatic carbocycles. The van der Waals surface area contributed by atoms with Gasteiger partial charge in [-0.25, -0.2) is 0 Å². The molecule has 3 heteroatoms. The summed E-state index contributed by atoms with van der Waals surface area (Å²) in [4.78, 5) is 11.6. The second kappa shape index (κ2) is 4.97. The molecule has 1 aromatic carbocycles. The summed E-state index contributed by atoms with van der Waals surface area (Å²) in [7, 11) is 0. The largest absolute Gasteiger partial charge is 0.507 e. The fourth-order valence-corrected chi connectivity index (χ4v) is 2.78. The Morgan fingerprint density at radius 2 is 2.05 bits per heavy atom. The Balaban J connectivity index is 2.26. The molecule has 0 amide bonds. The molecule has 0 saturated heterocycles. The maximum absolute atomic E-state index is 11.6. The Morgan fingerprint density at radius 3 is 2.53 bits per heavy atom. The van der Waals surface area contributed by atoms with Crippen LogP contribution < -0.4 is 5.32 Å². The van der Waals surface area contributed by atoms with Crippen molar-refractivity contribution >= 4 is 5.78 Å². The Hall–Kier alpha value is -1.35. The summed E-state index contributed by atoms with van der Waals surface area (Å²) in [5.41, 5.74) is 2.47. The van der Waals surface area contributed by atoms with E-state index in [0.717, 1.165) is 11.1 Å². The van der Waals surface area contributed by atoms with Crippen LogP contribution in [0.2, 0.25) is 0 Å². The lowest BCUT2D eigenvalue weighted by Gasteiger charge is -2.42. The number of hydrogen-bond donors (Lipinski definition) is 2. The van der Waals surface area contributed by atoms with Gasteiger partial charge in [0.05, 0.1) is 5.56 Å². The number of benzene rings is 1. The number of Topliss-reactive ketones (excluding diaryl/α,β-unsaturated/α-hetero) is 1. The second-order valence-corrected chi connectivity index (χ2v) is 6.07. The molecule has 0 aromatic heterocycles. The fourth-order valence-electron chi connectivity index (χ4n) is 2.78. The van der Waals surface area contributed by atoms with Crippen molar-refractivity contribution in [2.24, 2.45) is 0 Å². The number of aryl methyl sites for hydroxylation is 1. The molecule has 1 saturated carbocycles. The van der Waals surface area contributed by atoms with Gasteiger partial charge in [0.2, 0.25) is 0 Å². The van der Waals surface area contributed by atoms with Gasteiger partial charge in [-0.15, -0.1) is 0 Å². The molecule has 0 heterocycles. The highest BCUT2D eigenvalue weighted by atomic mass is 16.3. The van der Waals surface area contributed by atoms with E-state index >= 15 is 0 Å². The predicted octanol–water partition coefficient (Wildman–Crippen LogP) is 3.50. The van der Waals surface area contributed by atoms with E-state index in [1.165, 1.54) is 26.2 Å². The maximum atomic E-state index is 11.6. The Labute approximate surface area is 115 Å². The standard InChI is InChI=1S/C16H23NO2/c1-10-8-13(9-14(12(3)18)15(10)19)11(2)17-16(4)6-5-7-16/h8-9,11,17,19H,5-7H2,1-4H3. The quantitative estimate of drug-likeness (QED) is 0.816. The van der Waals surface area contributed by atoms with Gasteiger partial charge >= 0.3 is 0 Å². The van der Waals surface area contributed by atoms with Crippen molar-refractivity contribution in [3.8, 4) is 5.75 Å². The number of hydrogen-bond acceptors (Lipinski definition) is 3. The third kappa shape index (κ3) is 2.81. The Bertz CT molecular complexity index is 504. The molecule has 2 N–H and O–H groups in total. The Morgan fingerprint density at radius 1 is 1.42 bits per heavy atom. The van der Waals surface area contributed by atoms with Gasteiger partial charge in [0, 0.05) is 11.6 Å². The third-order valence-corrected chi connectivity index (χ3v) is 4.22. The molecular formula is C16H23NO2. The molecule has 0 spiro atoms. The lowest BCUT2D eigenvalue weighted by molar-refractivity contribution is 0.101. The van der Waals surface area contributed by atoms with Crippen LogP contribution in [0.5, 0.6) is 5.75 Å². The molecule has 19 heavy (non-hydrogen) atoms. The predicted molar refractivity (Wildman–Crippen MR) is 76.7 cm³/mol. The van der Waals surface area contributed by atoms with Crippen molar-refractivity contribution in [3.63, 3.8) is 0 Å². The summed E-state index contributed by atoms with van der Waals surface area (Å²) in [6, 6.07) is 3.95. The van der Waals surface area contributed by atoms with E-state index in [4.69, 9.17) is 0 Å². The number of phenols is 1. The van der Waals surface area contributed by atoms with Crippen molar-refractivity contribution in [2.75, 3.05) is 0 Å². The van der Waals surface area contributed by atoms with Gasteiger partial charge in [-0.3, -0.25) is 4.79 Å². The van der Waals surface area contributed by atoms with E-state index in [2.05, 4.69) is 19.2 Å². The summed E-state index contributed by atoms with van der Waals surface area (Å²) in [5, 5.41) is 13.6. The summed E-state index contributed by atoms with van der Waals surface area (Å²) < 4.78 is 0. The van der Waals surface area contributed by atoms with Crippen molar-refractivity contribution in [2.45, 2.75) is 58.5 Å². The van der Waals surface area contributed by atoms with Crippen LogP contribution in [0.15, 0.2) is 12.1 Å². The summed E-state index contributed by atoms with van der Waals surface area (Å²) in [6.45, 7) is 7.68. The molecule has 1 aliphatic rings. The molecule has 1 fully saturated rings. The lowest BCUT2D eigenvalue weighted by Crippen LogP contribution is -2.49. The highest BCUT2D eigenvalue weighted by Gasteiger charge is 2.33. The van der Waals surface area contributed by atoms with Crippen molar-refractivity contribution < 1.29 is 9.90 Å². The monoisotopic (exact) mass is 261 g/mol. The van der Waals surface area contributed by atoms with Gasteiger partial charge in [0.25, 0.3) is 0 Å². The minimum absolute atomic E-state index is 0.0931. The van der Waals surface area contributed by atoms with E-state index in [9.17, 15) is 9.90 Å². The number of carbonyl (C=O) groups is 1. The average Bonchev–Trinajstić information content (AvgIpc) is 2.29. The molecular weight excluding hydrogens is 238 g/mol. The SMILES string of the molecule is CC(=O)c1cc(C(C)NC2(C)CCC2)cc(C)c1O. The van der Waals surface area contributed by atoms with Gasteiger partial charge in [0.15, 0.2) is 5.78 Å². The number of nitrogens with one attached hydrogen (secondary N) is 1. The Kier molecular flexibility index (Phi) is 3.68. The first-order valence-electron chi connectivity index (χ1n) is 6.94. The van der Waals surface area contributed by atoms with Gasteiger partial charge in [0.1, 0.15) is 5.75 Å². The van der Waals surface area contributed by atoms with Crippen LogP contribution in [-0.4, -0.2) is 16.4 Å². The van der Waals surface area contributed by atoms with Crippen LogP contribution >= 0.6 is 0 Å². The van der Waals surface area contributed by atoms with E-state index < -0.39 is 0 Å². The zero-order valence-corrected chi connectivity index (χ0v) is 12.2. The topological polar surface area (TPSA) is 49.3 Å². The summed E-state index contributed by atoms with van der Waals surface area (Å²) >= 11 is 0. The molecule has 0 aliphatic heterocycles. The molecule has 1 aromatic rings. The van der Waals surface area contributed by atoms with Gasteiger partial charge < -0.3 is 10.4 Å². The highest BCUT2D eigenvalue weighted by molar-refractivity contribution is 5.97. The van der Waals surface area contributed by atoms with E-state index in [0.29, 0.717) is 5.56 Å². The third-order valence-electron chi connectivity index (χ3n) is 4.22. The highest BCUT2D eigenvalue weighted by Crippen LogP contribution is 2.34. The summed E-state index contributed by atoms with van der Waals surface area (Å²) in [6.07, 6.45) is 3.69. The van der Waals surface area contributed by atoms with Crippen molar-refractivity contribution in [3.05, 3.63) is 28.8 Å².